The lowest BCUT2D eigenvalue weighted by Crippen LogP contribution is -2.28. The van der Waals surface area contributed by atoms with E-state index in [1.54, 1.807) is 6.08 Å². The van der Waals surface area contributed by atoms with Crippen molar-refractivity contribution in [3.05, 3.63) is 18.7 Å². The van der Waals surface area contributed by atoms with Crippen LogP contribution in [0.1, 0.15) is 0 Å². The molecule has 1 rings (SSSR count). The first-order valence-electron chi connectivity index (χ1n) is 5.28. The highest BCUT2D eigenvalue weighted by Crippen LogP contribution is 2.16. The minimum absolute atomic E-state index is 0.136. The van der Waals surface area contributed by atoms with Crippen LogP contribution in [0.2, 0.25) is 0 Å². The smallest absolute Gasteiger partial charge is 0.240 e. The van der Waals surface area contributed by atoms with Crippen LogP contribution in [-0.2, 0) is 4.79 Å². The zero-order valence-electron chi connectivity index (χ0n) is 10.4. The Morgan fingerprint density at radius 2 is 2.00 bits per heavy atom. The summed E-state index contributed by atoms with van der Waals surface area (Å²) >= 11 is 0. The third-order valence-electron chi connectivity index (χ3n) is 1.92. The fourth-order valence-electron chi connectivity index (χ4n) is 1.13. The van der Waals surface area contributed by atoms with Gasteiger partial charge in [0.15, 0.2) is 0 Å². The molecule has 0 saturated heterocycles. The van der Waals surface area contributed by atoms with Crippen molar-refractivity contribution in [3.63, 3.8) is 0 Å². The summed E-state index contributed by atoms with van der Waals surface area (Å²) in [6.45, 7) is 4.23. The number of ether oxygens (including phenoxy) is 2. The molecule has 1 aromatic rings. The molecule has 0 aliphatic heterocycles. The van der Waals surface area contributed by atoms with Crippen LogP contribution in [0.25, 0.3) is 0 Å². The van der Waals surface area contributed by atoms with Gasteiger partial charge in [-0.25, -0.2) is 0 Å². The van der Waals surface area contributed by atoms with Crippen molar-refractivity contribution >= 4 is 11.9 Å². The van der Waals surface area contributed by atoms with Crippen molar-refractivity contribution in [2.24, 2.45) is 0 Å². The molecule has 0 saturated carbocycles. The van der Waals surface area contributed by atoms with E-state index in [-0.39, 0.29) is 18.4 Å². The predicted octanol–water partition coefficient (Wildman–Crippen LogP) is 0.208. The van der Waals surface area contributed by atoms with Crippen LogP contribution >= 0.6 is 0 Å². The fourth-order valence-corrected chi connectivity index (χ4v) is 1.13. The quantitative estimate of drug-likeness (QED) is 0.533. The molecule has 18 heavy (non-hydrogen) atoms. The maximum Gasteiger partial charge on any atom is 0.240 e. The zero-order valence-corrected chi connectivity index (χ0v) is 10.4. The average molecular weight is 252 g/mol. The molecular formula is C11H16N4O3. The lowest BCUT2D eigenvalue weighted by Gasteiger charge is -2.07. The second-order valence-corrected chi connectivity index (χ2v) is 3.24. The predicted molar refractivity (Wildman–Crippen MR) is 66.8 cm³/mol. The van der Waals surface area contributed by atoms with E-state index in [4.69, 9.17) is 9.47 Å². The summed E-state index contributed by atoms with van der Waals surface area (Å²) in [6, 6.07) is 1.52. The molecule has 0 aromatic carbocycles. The van der Waals surface area contributed by atoms with Crippen LogP contribution in [0.4, 0.5) is 5.95 Å². The summed E-state index contributed by atoms with van der Waals surface area (Å²) in [5, 5.41) is 5.40. The number of anilines is 1. The van der Waals surface area contributed by atoms with Crippen LogP contribution in [0.15, 0.2) is 18.7 Å². The molecule has 0 fully saturated rings. The van der Waals surface area contributed by atoms with Gasteiger partial charge in [0.05, 0.1) is 26.8 Å². The third-order valence-corrected chi connectivity index (χ3v) is 1.92. The van der Waals surface area contributed by atoms with Crippen molar-refractivity contribution in [2.45, 2.75) is 0 Å². The van der Waals surface area contributed by atoms with Gasteiger partial charge in [-0.2, -0.15) is 9.97 Å². The van der Waals surface area contributed by atoms with Crippen molar-refractivity contribution < 1.29 is 14.3 Å². The van der Waals surface area contributed by atoms with E-state index < -0.39 is 0 Å². The molecule has 0 radical (unpaired) electrons. The molecule has 0 aliphatic rings. The van der Waals surface area contributed by atoms with E-state index >= 15 is 0 Å². The van der Waals surface area contributed by atoms with Crippen molar-refractivity contribution in [3.8, 4) is 11.8 Å². The third kappa shape index (κ3) is 4.38. The van der Waals surface area contributed by atoms with Crippen LogP contribution in [0, 0.1) is 0 Å². The second-order valence-electron chi connectivity index (χ2n) is 3.24. The first kappa shape index (κ1) is 13.9. The minimum Gasteiger partial charge on any atom is -0.481 e. The molecule has 7 nitrogen and oxygen atoms in total. The average Bonchev–Trinajstić information content (AvgIpc) is 2.38. The van der Waals surface area contributed by atoms with Gasteiger partial charge in [-0.3, -0.25) is 10.1 Å². The van der Waals surface area contributed by atoms with E-state index in [0.29, 0.717) is 18.3 Å². The normalized spacial score (nSPS) is 9.67. The van der Waals surface area contributed by atoms with Gasteiger partial charge in [-0.15, -0.1) is 6.58 Å². The monoisotopic (exact) mass is 252 g/mol. The van der Waals surface area contributed by atoms with E-state index in [2.05, 4.69) is 27.2 Å². The Morgan fingerprint density at radius 3 is 2.50 bits per heavy atom. The number of hydrogen-bond donors (Lipinski definition) is 2. The standard InChI is InChI=1S/C11H16N4O3/c1-4-5-12-7-8(16)13-11-14-9(17-2)6-10(15-11)18-3/h4,6,12H,1,5,7H2,2-3H3,(H,13,14,15,16). The first-order chi connectivity index (χ1) is 8.69. The molecule has 2 N–H and O–H groups in total. The summed E-state index contributed by atoms with van der Waals surface area (Å²) in [5.41, 5.74) is 0. The number of aromatic nitrogens is 2. The molecule has 0 bridgehead atoms. The van der Waals surface area contributed by atoms with Gasteiger partial charge in [0.25, 0.3) is 0 Å². The first-order valence-corrected chi connectivity index (χ1v) is 5.28. The Hall–Kier alpha value is -2.15. The molecule has 1 heterocycles. The van der Waals surface area contributed by atoms with Crippen LogP contribution < -0.4 is 20.1 Å². The maximum atomic E-state index is 11.5. The summed E-state index contributed by atoms with van der Waals surface area (Å²) in [7, 11) is 2.94. The topological polar surface area (TPSA) is 85.4 Å². The highest BCUT2D eigenvalue weighted by molar-refractivity contribution is 5.90. The van der Waals surface area contributed by atoms with E-state index in [0.717, 1.165) is 0 Å². The lowest BCUT2D eigenvalue weighted by atomic mass is 10.5. The van der Waals surface area contributed by atoms with Gasteiger partial charge in [0.1, 0.15) is 0 Å². The number of carbonyl (C=O) groups excluding carboxylic acids is 1. The van der Waals surface area contributed by atoms with Gasteiger partial charge in [0, 0.05) is 6.54 Å². The lowest BCUT2D eigenvalue weighted by molar-refractivity contribution is -0.115. The summed E-state index contributed by atoms with van der Waals surface area (Å²) < 4.78 is 9.93. The molecule has 0 unspecified atom stereocenters. The van der Waals surface area contributed by atoms with E-state index in [9.17, 15) is 4.79 Å². The molecule has 98 valence electrons. The number of rotatable bonds is 7. The van der Waals surface area contributed by atoms with E-state index in [1.165, 1.54) is 20.3 Å². The summed E-state index contributed by atoms with van der Waals surface area (Å²) in [6.07, 6.45) is 1.67. The number of carbonyl (C=O) groups is 1. The number of nitrogens with zero attached hydrogens (tertiary/aromatic N) is 2. The van der Waals surface area contributed by atoms with Crippen molar-refractivity contribution in [1.82, 2.24) is 15.3 Å². The van der Waals surface area contributed by atoms with Crippen LogP contribution in [-0.4, -0.2) is 43.2 Å². The highest BCUT2D eigenvalue weighted by atomic mass is 16.5. The zero-order chi connectivity index (χ0) is 13.4. The number of hydrogen-bond acceptors (Lipinski definition) is 6. The molecule has 1 aromatic heterocycles. The number of methoxy groups -OCH3 is 2. The Balaban J connectivity index is 2.65. The second kappa shape index (κ2) is 7.23. The van der Waals surface area contributed by atoms with Gasteiger partial charge < -0.3 is 14.8 Å². The molecule has 0 aliphatic carbocycles. The molecule has 0 spiro atoms. The van der Waals surface area contributed by atoms with Crippen molar-refractivity contribution in [1.29, 1.82) is 0 Å². The largest absolute Gasteiger partial charge is 0.481 e. The summed E-state index contributed by atoms with van der Waals surface area (Å²) in [4.78, 5) is 19.5. The number of amides is 1. The fraction of sp³-hybridized carbons (Fsp3) is 0.364. The number of nitrogens with one attached hydrogen (secondary N) is 2. The highest BCUT2D eigenvalue weighted by Gasteiger charge is 2.08. The van der Waals surface area contributed by atoms with Gasteiger partial charge in [0.2, 0.25) is 23.6 Å². The maximum absolute atomic E-state index is 11.5. The van der Waals surface area contributed by atoms with Crippen LogP contribution in [0.3, 0.4) is 0 Å². The van der Waals surface area contributed by atoms with Gasteiger partial charge >= 0.3 is 0 Å². The van der Waals surface area contributed by atoms with Gasteiger partial charge in [-0.05, 0) is 0 Å². The summed E-state index contributed by atoms with van der Waals surface area (Å²) in [5.74, 6) is 0.510. The molecule has 0 atom stereocenters. The van der Waals surface area contributed by atoms with Crippen LogP contribution in [0.5, 0.6) is 11.8 Å². The Morgan fingerprint density at radius 1 is 1.39 bits per heavy atom. The molecular weight excluding hydrogens is 236 g/mol. The minimum atomic E-state index is -0.257. The van der Waals surface area contributed by atoms with E-state index in [1.807, 2.05) is 0 Å². The molecule has 1 amide bonds. The molecule has 7 heteroatoms. The Labute approximate surface area is 105 Å². The Bertz CT molecular complexity index is 400. The van der Waals surface area contributed by atoms with Gasteiger partial charge in [-0.1, -0.05) is 6.08 Å². The van der Waals surface area contributed by atoms with Crippen molar-refractivity contribution in [2.75, 3.05) is 32.6 Å². The SMILES string of the molecule is C=CCNCC(=O)Nc1nc(OC)cc(OC)n1. The Kier molecular flexibility index (Phi) is 5.59.